The van der Waals surface area contributed by atoms with Crippen LogP contribution in [0.5, 0.6) is 0 Å². The molecule has 0 atom stereocenters. The molecule has 3 nitrogen and oxygen atoms in total. The van der Waals surface area contributed by atoms with Crippen LogP contribution >= 0.6 is 0 Å². The summed E-state index contributed by atoms with van der Waals surface area (Å²) in [6, 6.07) is 16.7. The fraction of sp³-hybridized carbons (Fsp3) is 0.269. The van der Waals surface area contributed by atoms with Crippen LogP contribution in [-0.4, -0.2) is 16.4 Å². The summed E-state index contributed by atoms with van der Waals surface area (Å²) in [5.41, 5.74) is 11.5. The van der Waals surface area contributed by atoms with Gasteiger partial charge in [-0.1, -0.05) is 36.4 Å². The molecule has 0 N–H and O–H groups in total. The zero-order chi connectivity index (χ0) is 21.1. The SMILES string of the molecule is CC(=Nc1c(C)cccc1C)c1cc(C)cc(C(C)=Nc2c(C)cccc2C)n1.[Cl-].[Cl-].[Cl-].[V+3]. The Balaban J connectivity index is 0. The van der Waals surface area contributed by atoms with E-state index in [0.717, 1.165) is 39.7 Å². The molecule has 0 radical (unpaired) electrons. The van der Waals surface area contributed by atoms with Gasteiger partial charge in [-0.15, -0.1) is 0 Å². The van der Waals surface area contributed by atoms with E-state index in [1.165, 1.54) is 22.3 Å². The largest absolute Gasteiger partial charge is 3.00 e. The molecule has 33 heavy (non-hydrogen) atoms. The normalized spacial score (nSPS) is 10.9. The minimum absolute atomic E-state index is 0. The van der Waals surface area contributed by atoms with Crippen LogP contribution in [0, 0.1) is 34.6 Å². The van der Waals surface area contributed by atoms with E-state index in [9.17, 15) is 0 Å². The van der Waals surface area contributed by atoms with Gasteiger partial charge in [0.05, 0.1) is 34.2 Å². The third-order valence-electron chi connectivity index (χ3n) is 5.15. The van der Waals surface area contributed by atoms with Gasteiger partial charge in [0.1, 0.15) is 0 Å². The van der Waals surface area contributed by atoms with Gasteiger partial charge in [-0.25, -0.2) is 4.98 Å². The number of aromatic nitrogens is 1. The van der Waals surface area contributed by atoms with Gasteiger partial charge in [0.15, 0.2) is 0 Å². The zero-order valence-electron chi connectivity index (χ0n) is 20.0. The van der Waals surface area contributed by atoms with E-state index in [0.29, 0.717) is 0 Å². The average molecular weight is 541 g/mol. The Kier molecular flexibility index (Phi) is 14.9. The Morgan fingerprint density at radius 2 is 0.909 bits per heavy atom. The minimum atomic E-state index is 0. The molecule has 0 aliphatic carbocycles. The minimum Gasteiger partial charge on any atom is -1.00 e. The van der Waals surface area contributed by atoms with E-state index in [2.05, 4.69) is 83.1 Å². The monoisotopic (exact) mass is 539 g/mol. The number of aryl methyl sites for hydroxylation is 5. The average Bonchev–Trinajstić information content (AvgIpc) is 2.67. The summed E-state index contributed by atoms with van der Waals surface area (Å²) in [6.45, 7) is 14.5. The van der Waals surface area contributed by atoms with Crippen LogP contribution in [0.3, 0.4) is 0 Å². The van der Waals surface area contributed by atoms with E-state index in [-0.39, 0.29) is 55.8 Å². The first-order chi connectivity index (χ1) is 13.8. The number of aliphatic imine (C=N–C) groups is 2. The number of benzene rings is 2. The number of para-hydroxylation sites is 2. The van der Waals surface area contributed by atoms with Crippen LogP contribution < -0.4 is 37.2 Å². The summed E-state index contributed by atoms with van der Waals surface area (Å²) in [5, 5.41) is 0. The van der Waals surface area contributed by atoms with Crippen LogP contribution in [-0.2, 0) is 18.6 Å². The van der Waals surface area contributed by atoms with Gasteiger partial charge in [-0.2, -0.15) is 0 Å². The third-order valence-corrected chi connectivity index (χ3v) is 5.15. The first kappa shape index (κ1) is 33.6. The molecule has 2 aromatic carbocycles. The molecule has 3 aromatic rings. The van der Waals surface area contributed by atoms with E-state index in [1.54, 1.807) is 0 Å². The Hall–Kier alpha value is -1.62. The second kappa shape index (κ2) is 14.6. The number of hydrogen-bond acceptors (Lipinski definition) is 3. The molecule has 0 spiro atoms. The van der Waals surface area contributed by atoms with Crippen LogP contribution in [0.4, 0.5) is 11.4 Å². The van der Waals surface area contributed by atoms with Gasteiger partial charge in [0.25, 0.3) is 0 Å². The van der Waals surface area contributed by atoms with Gasteiger partial charge >= 0.3 is 18.6 Å². The van der Waals surface area contributed by atoms with Crippen molar-refractivity contribution in [2.45, 2.75) is 48.5 Å². The van der Waals surface area contributed by atoms with Crippen molar-refractivity contribution in [1.82, 2.24) is 4.98 Å². The van der Waals surface area contributed by atoms with Gasteiger partial charge in [-0.05, 0) is 88.4 Å². The summed E-state index contributed by atoms with van der Waals surface area (Å²) < 4.78 is 0. The Morgan fingerprint density at radius 3 is 1.21 bits per heavy atom. The summed E-state index contributed by atoms with van der Waals surface area (Å²) >= 11 is 0. The first-order valence-electron chi connectivity index (χ1n) is 9.98. The number of hydrogen-bond donors (Lipinski definition) is 0. The second-order valence-corrected chi connectivity index (χ2v) is 7.79. The van der Waals surface area contributed by atoms with E-state index in [1.807, 2.05) is 13.8 Å². The molecule has 0 aliphatic rings. The maximum Gasteiger partial charge on any atom is 3.00 e. The topological polar surface area (TPSA) is 37.6 Å². The molecule has 0 bridgehead atoms. The molecule has 0 amide bonds. The van der Waals surface area contributed by atoms with Crippen LogP contribution in [0.2, 0.25) is 0 Å². The van der Waals surface area contributed by atoms with E-state index >= 15 is 0 Å². The Morgan fingerprint density at radius 1 is 0.606 bits per heavy atom. The van der Waals surface area contributed by atoms with Crippen LogP contribution in [0.15, 0.2) is 58.5 Å². The van der Waals surface area contributed by atoms with Crippen molar-refractivity contribution in [1.29, 1.82) is 0 Å². The molecular formula is C26H29Cl3N3V. The van der Waals surface area contributed by atoms with Crippen molar-refractivity contribution in [3.8, 4) is 0 Å². The molecule has 3 rings (SSSR count). The quantitative estimate of drug-likeness (QED) is 0.350. The Labute approximate surface area is 228 Å². The molecule has 0 saturated heterocycles. The number of pyridine rings is 1. The smallest absolute Gasteiger partial charge is 1.00 e. The van der Waals surface area contributed by atoms with Crippen LogP contribution in [0.1, 0.15) is 53.1 Å². The molecule has 0 saturated carbocycles. The number of rotatable bonds is 4. The summed E-state index contributed by atoms with van der Waals surface area (Å²) in [4.78, 5) is 14.7. The van der Waals surface area contributed by atoms with Gasteiger partial charge in [-0.3, -0.25) is 9.98 Å². The standard InChI is InChI=1S/C26H29N3.3ClH.V/c1-16-14-23(21(6)27-25-17(2)10-8-11-18(25)3)29-24(15-16)22(7)28-26-19(4)12-9-13-20(26)5;;;;/h8-15H,1-7H3;3*1H;/q;;;;+3/p-3. The molecular weight excluding hydrogens is 512 g/mol. The zero-order valence-corrected chi connectivity index (χ0v) is 23.7. The maximum absolute atomic E-state index is 4.90. The first-order valence-corrected chi connectivity index (χ1v) is 9.98. The second-order valence-electron chi connectivity index (χ2n) is 7.79. The molecule has 174 valence electrons. The molecule has 0 fully saturated rings. The van der Waals surface area contributed by atoms with Crippen molar-refractivity contribution in [2.75, 3.05) is 0 Å². The molecule has 1 aromatic heterocycles. The molecule has 0 unspecified atom stereocenters. The van der Waals surface area contributed by atoms with Gasteiger partial charge in [0, 0.05) is 0 Å². The van der Waals surface area contributed by atoms with Crippen molar-refractivity contribution in [2.24, 2.45) is 9.98 Å². The predicted molar refractivity (Wildman–Crippen MR) is 125 cm³/mol. The maximum atomic E-state index is 4.90. The predicted octanol–water partition coefficient (Wildman–Crippen LogP) is -2.09. The van der Waals surface area contributed by atoms with Crippen molar-refractivity contribution >= 4 is 22.8 Å². The molecule has 1 heterocycles. The molecule has 0 aliphatic heterocycles. The Bertz CT molecular complexity index is 1020. The summed E-state index contributed by atoms with van der Waals surface area (Å²) in [5.74, 6) is 0. The van der Waals surface area contributed by atoms with Gasteiger partial charge in [0.2, 0.25) is 0 Å². The fourth-order valence-electron chi connectivity index (χ4n) is 3.45. The van der Waals surface area contributed by atoms with Crippen molar-refractivity contribution < 1.29 is 55.8 Å². The van der Waals surface area contributed by atoms with E-state index in [4.69, 9.17) is 15.0 Å². The fourth-order valence-corrected chi connectivity index (χ4v) is 3.45. The van der Waals surface area contributed by atoms with Crippen LogP contribution in [0.25, 0.3) is 0 Å². The number of halogens is 3. The third kappa shape index (κ3) is 8.28. The van der Waals surface area contributed by atoms with Crippen molar-refractivity contribution in [3.63, 3.8) is 0 Å². The van der Waals surface area contributed by atoms with E-state index < -0.39 is 0 Å². The molecule has 7 heteroatoms. The summed E-state index contributed by atoms with van der Waals surface area (Å²) in [6.07, 6.45) is 0. The summed E-state index contributed by atoms with van der Waals surface area (Å²) in [7, 11) is 0. The van der Waals surface area contributed by atoms with Gasteiger partial charge < -0.3 is 37.2 Å². The number of nitrogens with zero attached hydrogens (tertiary/aromatic N) is 3. The van der Waals surface area contributed by atoms with Crippen molar-refractivity contribution in [3.05, 3.63) is 87.7 Å².